The summed E-state index contributed by atoms with van der Waals surface area (Å²) >= 11 is 0. The third-order valence-corrected chi connectivity index (χ3v) is 4.80. The number of aryl methyl sites for hydroxylation is 3. The molecule has 7 nitrogen and oxygen atoms in total. The maximum atomic E-state index is 12.5. The van der Waals surface area contributed by atoms with E-state index >= 15 is 0 Å². The molecule has 0 amide bonds. The van der Waals surface area contributed by atoms with E-state index in [1.54, 1.807) is 38.3 Å². The van der Waals surface area contributed by atoms with Gasteiger partial charge in [-0.05, 0) is 63.2 Å². The number of aromatic nitrogens is 2. The minimum absolute atomic E-state index is 0.0535. The molecule has 0 aliphatic carbocycles. The lowest BCUT2D eigenvalue weighted by Gasteiger charge is -2.08. The summed E-state index contributed by atoms with van der Waals surface area (Å²) in [6.45, 7) is 5.41. The number of sulfonamides is 1. The van der Waals surface area contributed by atoms with E-state index in [4.69, 9.17) is 4.42 Å². The van der Waals surface area contributed by atoms with Gasteiger partial charge in [0.05, 0.1) is 16.8 Å². The molecule has 8 heteroatoms. The Labute approximate surface area is 151 Å². The van der Waals surface area contributed by atoms with E-state index in [2.05, 4.69) is 19.7 Å². The maximum Gasteiger partial charge on any atom is 0.264 e. The first-order chi connectivity index (χ1) is 12.3. The Morgan fingerprint density at radius 3 is 2.23 bits per heavy atom. The van der Waals surface area contributed by atoms with Gasteiger partial charge in [-0.25, -0.2) is 23.1 Å². The number of benzene rings is 1. The fourth-order valence-electron chi connectivity index (χ4n) is 2.32. The van der Waals surface area contributed by atoms with Crippen LogP contribution in [-0.2, 0) is 10.0 Å². The molecular weight excluding hydrogens is 352 g/mol. The van der Waals surface area contributed by atoms with E-state index in [0.29, 0.717) is 22.8 Å². The smallest absolute Gasteiger partial charge is 0.264 e. The van der Waals surface area contributed by atoms with E-state index in [-0.39, 0.29) is 10.8 Å². The van der Waals surface area contributed by atoms with Crippen molar-refractivity contribution in [2.75, 3.05) is 4.72 Å². The van der Waals surface area contributed by atoms with Crippen molar-refractivity contribution in [3.8, 4) is 0 Å². The molecule has 1 aromatic carbocycles. The van der Waals surface area contributed by atoms with Gasteiger partial charge in [-0.1, -0.05) is 0 Å². The molecule has 0 radical (unpaired) electrons. The van der Waals surface area contributed by atoms with Crippen LogP contribution in [0.5, 0.6) is 0 Å². The van der Waals surface area contributed by atoms with Crippen LogP contribution in [0.4, 0.5) is 11.6 Å². The number of hydrogen-bond donors (Lipinski definition) is 1. The van der Waals surface area contributed by atoms with Crippen LogP contribution >= 0.6 is 0 Å². The van der Waals surface area contributed by atoms with Gasteiger partial charge in [0.15, 0.2) is 0 Å². The molecule has 2 aromatic heterocycles. The highest BCUT2D eigenvalue weighted by atomic mass is 32.2. The first-order valence-corrected chi connectivity index (χ1v) is 9.36. The van der Waals surface area contributed by atoms with Crippen LogP contribution in [0, 0.1) is 20.8 Å². The quantitative estimate of drug-likeness (QED) is 0.693. The van der Waals surface area contributed by atoms with E-state index in [9.17, 15) is 8.42 Å². The number of hydrogen-bond acceptors (Lipinski definition) is 6. The summed E-state index contributed by atoms with van der Waals surface area (Å²) in [5, 5.41) is 0. The van der Waals surface area contributed by atoms with E-state index < -0.39 is 10.0 Å². The standard InChI is InChI=1S/C18H18N4O3S/c1-12-10-13(2)21-18(20-12)22-26(23,24)17-8-5-15(6-9-17)19-11-16-7-4-14(3)25-16/h4-11H,1-3H3,(H,20,21,22). The molecule has 26 heavy (non-hydrogen) atoms. The van der Waals surface area contributed by atoms with Gasteiger partial charge in [0.1, 0.15) is 11.5 Å². The normalized spacial score (nSPS) is 11.8. The molecular formula is C18H18N4O3S. The van der Waals surface area contributed by atoms with Gasteiger partial charge < -0.3 is 4.42 Å². The third kappa shape index (κ3) is 4.34. The molecule has 0 aliphatic heterocycles. The summed E-state index contributed by atoms with van der Waals surface area (Å²) in [6.07, 6.45) is 1.58. The average Bonchev–Trinajstić information content (AvgIpc) is 2.97. The number of anilines is 1. The number of rotatable bonds is 5. The molecule has 0 aliphatic rings. The largest absolute Gasteiger partial charge is 0.460 e. The second kappa shape index (κ2) is 7.09. The fourth-order valence-corrected chi connectivity index (χ4v) is 3.27. The van der Waals surface area contributed by atoms with Crippen molar-refractivity contribution in [1.29, 1.82) is 0 Å². The Morgan fingerprint density at radius 1 is 1.00 bits per heavy atom. The first kappa shape index (κ1) is 17.8. The molecule has 0 unspecified atom stereocenters. The third-order valence-electron chi connectivity index (χ3n) is 3.46. The summed E-state index contributed by atoms with van der Waals surface area (Å²) in [5.41, 5.74) is 1.99. The zero-order valence-corrected chi connectivity index (χ0v) is 15.4. The Hall–Kier alpha value is -3.00. The predicted octanol–water partition coefficient (Wildman–Crippen LogP) is 3.55. The van der Waals surface area contributed by atoms with Gasteiger partial charge in [-0.2, -0.15) is 0 Å². The second-order valence-electron chi connectivity index (χ2n) is 5.78. The number of nitrogens with zero attached hydrogens (tertiary/aromatic N) is 3. The van der Waals surface area contributed by atoms with Crippen molar-refractivity contribution in [1.82, 2.24) is 9.97 Å². The maximum absolute atomic E-state index is 12.5. The van der Waals surface area contributed by atoms with Gasteiger partial charge in [0, 0.05) is 11.4 Å². The van der Waals surface area contributed by atoms with Gasteiger partial charge >= 0.3 is 0 Å². The summed E-state index contributed by atoms with van der Waals surface area (Å²) in [6, 6.07) is 11.6. The molecule has 0 spiro atoms. The minimum Gasteiger partial charge on any atom is -0.460 e. The highest BCUT2D eigenvalue weighted by Gasteiger charge is 2.16. The van der Waals surface area contributed by atoms with E-state index in [1.165, 1.54) is 12.1 Å². The van der Waals surface area contributed by atoms with Crippen molar-refractivity contribution in [3.05, 3.63) is 65.4 Å². The molecule has 3 rings (SSSR count). The number of furan rings is 1. The van der Waals surface area contributed by atoms with Gasteiger partial charge in [0.25, 0.3) is 10.0 Å². The summed E-state index contributed by atoms with van der Waals surface area (Å²) < 4.78 is 32.7. The van der Waals surface area contributed by atoms with Crippen molar-refractivity contribution in [3.63, 3.8) is 0 Å². The van der Waals surface area contributed by atoms with Crippen LogP contribution in [0.1, 0.15) is 22.9 Å². The predicted molar refractivity (Wildman–Crippen MR) is 99.5 cm³/mol. The summed E-state index contributed by atoms with van der Waals surface area (Å²) in [7, 11) is -3.77. The monoisotopic (exact) mass is 370 g/mol. The molecule has 134 valence electrons. The SMILES string of the molecule is Cc1cc(C)nc(NS(=O)(=O)c2ccc(N=Cc3ccc(C)o3)cc2)n1. The molecule has 0 bridgehead atoms. The van der Waals surface area contributed by atoms with Crippen molar-refractivity contribution in [2.45, 2.75) is 25.7 Å². The molecule has 2 heterocycles. The lowest BCUT2D eigenvalue weighted by atomic mass is 10.3. The van der Waals surface area contributed by atoms with Crippen LogP contribution in [0.15, 0.2) is 56.8 Å². The van der Waals surface area contributed by atoms with Gasteiger partial charge in [-0.3, -0.25) is 4.99 Å². The van der Waals surface area contributed by atoms with E-state index in [0.717, 1.165) is 5.76 Å². The fraction of sp³-hybridized carbons (Fsp3) is 0.167. The van der Waals surface area contributed by atoms with Crippen LogP contribution in [0.25, 0.3) is 0 Å². The number of aliphatic imine (C=N–C) groups is 1. The summed E-state index contributed by atoms with van der Waals surface area (Å²) in [4.78, 5) is 12.6. The van der Waals surface area contributed by atoms with Gasteiger partial charge in [-0.15, -0.1) is 0 Å². The lowest BCUT2D eigenvalue weighted by Crippen LogP contribution is -2.15. The average molecular weight is 370 g/mol. The molecule has 0 saturated carbocycles. The Morgan fingerprint density at radius 2 is 1.65 bits per heavy atom. The zero-order valence-electron chi connectivity index (χ0n) is 14.6. The molecule has 3 aromatic rings. The molecule has 0 fully saturated rings. The van der Waals surface area contributed by atoms with Crippen LogP contribution in [0.2, 0.25) is 0 Å². The second-order valence-corrected chi connectivity index (χ2v) is 7.46. The Balaban J connectivity index is 1.77. The van der Waals surface area contributed by atoms with Crippen LogP contribution in [0.3, 0.4) is 0 Å². The van der Waals surface area contributed by atoms with Gasteiger partial charge in [0.2, 0.25) is 5.95 Å². The van der Waals surface area contributed by atoms with Crippen LogP contribution < -0.4 is 4.72 Å². The topological polar surface area (TPSA) is 97.5 Å². The van der Waals surface area contributed by atoms with Crippen molar-refractivity contribution >= 4 is 27.9 Å². The highest BCUT2D eigenvalue weighted by Crippen LogP contribution is 2.19. The van der Waals surface area contributed by atoms with Crippen LogP contribution in [-0.4, -0.2) is 24.6 Å². The number of nitrogens with one attached hydrogen (secondary N) is 1. The minimum atomic E-state index is -3.77. The van der Waals surface area contributed by atoms with Crippen molar-refractivity contribution in [2.24, 2.45) is 4.99 Å². The van der Waals surface area contributed by atoms with E-state index in [1.807, 2.05) is 19.1 Å². The lowest BCUT2D eigenvalue weighted by molar-refractivity contribution is 0.528. The first-order valence-electron chi connectivity index (χ1n) is 7.87. The highest BCUT2D eigenvalue weighted by molar-refractivity contribution is 7.92. The molecule has 1 N–H and O–H groups in total. The van der Waals surface area contributed by atoms with Crippen molar-refractivity contribution < 1.29 is 12.8 Å². The molecule has 0 atom stereocenters. The Kier molecular flexibility index (Phi) is 4.85. The molecule has 0 saturated heterocycles. The zero-order chi connectivity index (χ0) is 18.7. The Bertz CT molecular complexity index is 1030. The summed E-state index contributed by atoms with van der Waals surface area (Å²) in [5.74, 6) is 1.48.